The van der Waals surface area contributed by atoms with Crippen LogP contribution in [0.2, 0.25) is 0 Å². The summed E-state index contributed by atoms with van der Waals surface area (Å²) >= 11 is 1.15. The highest BCUT2D eigenvalue weighted by Crippen LogP contribution is 2.32. The molecule has 1 aliphatic heterocycles. The van der Waals surface area contributed by atoms with Crippen LogP contribution in [0.25, 0.3) is 0 Å². The Bertz CT molecular complexity index is 492. The number of anilines is 1. The Balaban J connectivity index is 2.51. The van der Waals surface area contributed by atoms with Crippen molar-refractivity contribution in [2.45, 2.75) is 6.92 Å². The van der Waals surface area contributed by atoms with Gasteiger partial charge in [0.1, 0.15) is 4.88 Å². The predicted octanol–water partition coefficient (Wildman–Crippen LogP) is 0.899. The number of rotatable bonds is 2. The fourth-order valence-electron chi connectivity index (χ4n) is 1.60. The minimum Gasteiger partial charge on any atom is -0.465 e. The Hall–Kier alpha value is -1.89. The van der Waals surface area contributed by atoms with Crippen molar-refractivity contribution >= 4 is 34.9 Å². The predicted molar refractivity (Wildman–Crippen MR) is 61.3 cm³/mol. The van der Waals surface area contributed by atoms with Crippen LogP contribution in [0.4, 0.5) is 10.5 Å². The normalized spacial score (nSPS) is 15.1. The van der Waals surface area contributed by atoms with Crippen LogP contribution in [-0.4, -0.2) is 31.6 Å². The summed E-state index contributed by atoms with van der Waals surface area (Å²) in [5, 5.41) is 4.12. The molecule has 0 bridgehead atoms. The highest BCUT2D eigenvalue weighted by Gasteiger charge is 2.35. The number of imide groups is 1. The van der Waals surface area contributed by atoms with Gasteiger partial charge in [0.2, 0.25) is 0 Å². The second-order valence-electron chi connectivity index (χ2n) is 3.48. The largest absolute Gasteiger partial charge is 0.465 e. The molecule has 0 atom stereocenters. The molecule has 1 fully saturated rings. The van der Waals surface area contributed by atoms with E-state index < -0.39 is 12.0 Å². The zero-order chi connectivity index (χ0) is 12.6. The highest BCUT2D eigenvalue weighted by atomic mass is 32.1. The van der Waals surface area contributed by atoms with E-state index in [9.17, 15) is 14.4 Å². The standard InChI is InChI=1S/C10H10N2O4S/c1-5-4-17-8(9(14)16-2)7(5)12-6(13)3-11-10(12)15/h4H,3H2,1-2H3,(H,11,15). The molecule has 0 radical (unpaired) electrons. The Kier molecular flexibility index (Phi) is 2.84. The van der Waals surface area contributed by atoms with Gasteiger partial charge in [0, 0.05) is 0 Å². The number of methoxy groups -OCH3 is 1. The maximum absolute atomic E-state index is 11.6. The molecule has 7 heteroatoms. The summed E-state index contributed by atoms with van der Waals surface area (Å²) in [6, 6.07) is -0.512. The number of carbonyl (C=O) groups excluding carboxylic acids is 3. The summed E-state index contributed by atoms with van der Waals surface area (Å²) in [5.74, 6) is -0.924. The Morgan fingerprint density at radius 2 is 2.24 bits per heavy atom. The van der Waals surface area contributed by atoms with Crippen LogP contribution in [0.3, 0.4) is 0 Å². The molecular weight excluding hydrogens is 244 g/mol. The maximum Gasteiger partial charge on any atom is 0.350 e. The number of amides is 3. The van der Waals surface area contributed by atoms with Crippen LogP contribution >= 0.6 is 11.3 Å². The summed E-state index contributed by atoms with van der Waals surface area (Å²) in [6.45, 7) is 1.69. The highest BCUT2D eigenvalue weighted by molar-refractivity contribution is 7.12. The minimum atomic E-state index is -0.550. The lowest BCUT2D eigenvalue weighted by Gasteiger charge is -2.13. The van der Waals surface area contributed by atoms with Crippen molar-refractivity contribution < 1.29 is 19.1 Å². The summed E-state index contributed by atoms with van der Waals surface area (Å²) in [6.07, 6.45) is 0. The van der Waals surface area contributed by atoms with E-state index in [4.69, 9.17) is 0 Å². The van der Waals surface area contributed by atoms with Gasteiger partial charge in [-0.1, -0.05) is 0 Å². The summed E-state index contributed by atoms with van der Waals surface area (Å²) in [5.41, 5.74) is 1.02. The molecule has 2 heterocycles. The smallest absolute Gasteiger partial charge is 0.350 e. The van der Waals surface area contributed by atoms with Gasteiger partial charge in [0.25, 0.3) is 5.91 Å². The number of carbonyl (C=O) groups is 3. The number of nitrogens with one attached hydrogen (secondary N) is 1. The first-order valence-electron chi connectivity index (χ1n) is 4.83. The summed E-state index contributed by atoms with van der Waals surface area (Å²) in [7, 11) is 1.26. The fraction of sp³-hybridized carbons (Fsp3) is 0.300. The van der Waals surface area contributed by atoms with E-state index in [1.54, 1.807) is 12.3 Å². The Morgan fingerprint density at radius 3 is 2.76 bits per heavy atom. The molecule has 0 spiro atoms. The molecule has 17 heavy (non-hydrogen) atoms. The number of esters is 1. The molecule has 0 unspecified atom stereocenters. The van der Waals surface area contributed by atoms with Crippen molar-refractivity contribution in [2.24, 2.45) is 0 Å². The number of nitrogens with zero attached hydrogens (tertiary/aromatic N) is 1. The first-order valence-corrected chi connectivity index (χ1v) is 5.71. The Morgan fingerprint density at radius 1 is 1.53 bits per heavy atom. The molecule has 2 rings (SSSR count). The van der Waals surface area contributed by atoms with Crippen LogP contribution < -0.4 is 10.2 Å². The third-order valence-corrected chi connectivity index (χ3v) is 3.45. The first-order chi connectivity index (χ1) is 8.06. The van der Waals surface area contributed by atoms with Crippen molar-refractivity contribution in [2.75, 3.05) is 18.6 Å². The lowest BCUT2D eigenvalue weighted by atomic mass is 10.2. The van der Waals surface area contributed by atoms with Crippen molar-refractivity contribution in [1.82, 2.24) is 5.32 Å². The van der Waals surface area contributed by atoms with Crippen LogP contribution in [0.15, 0.2) is 5.38 Å². The van der Waals surface area contributed by atoms with E-state index in [0.29, 0.717) is 11.3 Å². The van der Waals surface area contributed by atoms with E-state index in [2.05, 4.69) is 10.1 Å². The second kappa shape index (κ2) is 4.17. The average Bonchev–Trinajstić information content (AvgIpc) is 2.82. The third kappa shape index (κ3) is 1.78. The molecule has 6 nitrogen and oxygen atoms in total. The molecule has 1 N–H and O–H groups in total. The van der Waals surface area contributed by atoms with Crippen molar-refractivity contribution in [1.29, 1.82) is 0 Å². The molecular formula is C10H10N2O4S. The van der Waals surface area contributed by atoms with E-state index in [1.807, 2.05) is 0 Å². The lowest BCUT2D eigenvalue weighted by Crippen LogP contribution is -2.32. The fourth-order valence-corrected chi connectivity index (χ4v) is 2.55. The first kappa shape index (κ1) is 11.6. The zero-order valence-corrected chi connectivity index (χ0v) is 10.1. The van der Waals surface area contributed by atoms with Gasteiger partial charge < -0.3 is 10.1 Å². The summed E-state index contributed by atoms with van der Waals surface area (Å²) < 4.78 is 4.62. The van der Waals surface area contributed by atoms with Crippen LogP contribution in [-0.2, 0) is 9.53 Å². The number of urea groups is 1. The lowest BCUT2D eigenvalue weighted by molar-refractivity contribution is -0.115. The van der Waals surface area contributed by atoms with Gasteiger partial charge in [-0.2, -0.15) is 0 Å². The second-order valence-corrected chi connectivity index (χ2v) is 4.36. The molecule has 90 valence electrons. The number of hydrogen-bond donors (Lipinski definition) is 1. The van der Waals surface area contributed by atoms with Crippen LogP contribution in [0.1, 0.15) is 15.2 Å². The Labute approximate surface area is 101 Å². The SMILES string of the molecule is COC(=O)c1scc(C)c1N1C(=O)CNC1=O. The number of hydrogen-bond acceptors (Lipinski definition) is 5. The number of ether oxygens (including phenoxy) is 1. The molecule has 0 saturated carbocycles. The third-order valence-electron chi connectivity index (χ3n) is 2.38. The molecule has 0 aliphatic carbocycles. The van der Waals surface area contributed by atoms with Gasteiger partial charge in [-0.05, 0) is 17.9 Å². The summed E-state index contributed by atoms with van der Waals surface area (Å²) in [4.78, 5) is 35.9. The van der Waals surface area contributed by atoms with Gasteiger partial charge in [-0.25, -0.2) is 14.5 Å². The average molecular weight is 254 g/mol. The van der Waals surface area contributed by atoms with E-state index in [0.717, 1.165) is 16.2 Å². The van der Waals surface area contributed by atoms with Crippen LogP contribution in [0.5, 0.6) is 0 Å². The van der Waals surface area contributed by atoms with Gasteiger partial charge in [-0.15, -0.1) is 11.3 Å². The number of aryl methyl sites for hydroxylation is 1. The maximum atomic E-state index is 11.6. The van der Waals surface area contributed by atoms with Gasteiger partial charge in [0.05, 0.1) is 19.3 Å². The molecule has 1 aromatic rings. The van der Waals surface area contributed by atoms with Gasteiger partial charge in [0.15, 0.2) is 0 Å². The van der Waals surface area contributed by atoms with Gasteiger partial charge in [-0.3, -0.25) is 4.79 Å². The zero-order valence-electron chi connectivity index (χ0n) is 9.27. The van der Waals surface area contributed by atoms with E-state index in [1.165, 1.54) is 7.11 Å². The molecule has 1 aliphatic rings. The van der Waals surface area contributed by atoms with Gasteiger partial charge >= 0.3 is 12.0 Å². The quantitative estimate of drug-likeness (QED) is 0.628. The van der Waals surface area contributed by atoms with Crippen molar-refractivity contribution in [3.8, 4) is 0 Å². The van der Waals surface area contributed by atoms with E-state index in [-0.39, 0.29) is 17.3 Å². The number of thiophene rings is 1. The van der Waals surface area contributed by atoms with E-state index >= 15 is 0 Å². The van der Waals surface area contributed by atoms with Crippen LogP contribution in [0, 0.1) is 6.92 Å². The monoisotopic (exact) mass is 254 g/mol. The molecule has 1 saturated heterocycles. The van der Waals surface area contributed by atoms with Crippen molar-refractivity contribution in [3.63, 3.8) is 0 Å². The molecule has 1 aromatic heterocycles. The van der Waals surface area contributed by atoms with Crippen molar-refractivity contribution in [3.05, 3.63) is 15.8 Å². The molecule has 3 amide bonds. The molecule has 0 aromatic carbocycles. The topological polar surface area (TPSA) is 75.7 Å². The minimum absolute atomic E-state index is 0.0469.